The van der Waals surface area contributed by atoms with Crippen molar-refractivity contribution < 1.29 is 13.6 Å². The summed E-state index contributed by atoms with van der Waals surface area (Å²) in [6.07, 6.45) is -0.148. The molecule has 1 amide bonds. The Morgan fingerprint density at radius 2 is 2.27 bits per heavy atom. The van der Waals surface area contributed by atoms with Gasteiger partial charge in [0, 0.05) is 25.3 Å². The highest BCUT2D eigenvalue weighted by atomic mass is 19.3. The van der Waals surface area contributed by atoms with Crippen LogP contribution in [0.3, 0.4) is 0 Å². The van der Waals surface area contributed by atoms with Gasteiger partial charge in [0.1, 0.15) is 0 Å². The molecule has 64 valence electrons. The van der Waals surface area contributed by atoms with E-state index in [2.05, 4.69) is 5.32 Å². The van der Waals surface area contributed by atoms with Gasteiger partial charge in [0.2, 0.25) is 5.91 Å². The molecule has 1 rings (SSSR count). The second-order valence-electron chi connectivity index (χ2n) is 2.82. The van der Waals surface area contributed by atoms with Crippen molar-refractivity contribution in [1.29, 1.82) is 0 Å². The highest BCUT2D eigenvalue weighted by Crippen LogP contribution is 2.50. The molecule has 0 bridgehead atoms. The van der Waals surface area contributed by atoms with Crippen LogP contribution in [0.1, 0.15) is 19.8 Å². The Bertz CT molecular complexity index is 170. The topological polar surface area (TPSA) is 29.1 Å². The van der Waals surface area contributed by atoms with Gasteiger partial charge >= 0.3 is 0 Å². The van der Waals surface area contributed by atoms with Gasteiger partial charge in [0.15, 0.2) is 0 Å². The van der Waals surface area contributed by atoms with Gasteiger partial charge in [-0.05, 0) is 6.92 Å². The molecule has 0 aliphatic heterocycles. The molecular formula is C7H11F2NO. The van der Waals surface area contributed by atoms with Crippen LogP contribution in [0.5, 0.6) is 0 Å². The Labute approximate surface area is 64.0 Å². The molecule has 1 atom stereocenters. The summed E-state index contributed by atoms with van der Waals surface area (Å²) in [5.41, 5.74) is 0. The van der Waals surface area contributed by atoms with Gasteiger partial charge in [-0.2, -0.15) is 0 Å². The fourth-order valence-electron chi connectivity index (χ4n) is 0.984. The van der Waals surface area contributed by atoms with E-state index in [0.717, 1.165) is 0 Å². The fourth-order valence-corrected chi connectivity index (χ4v) is 0.984. The molecule has 11 heavy (non-hydrogen) atoms. The van der Waals surface area contributed by atoms with Crippen LogP contribution in [0.15, 0.2) is 0 Å². The molecule has 0 aromatic rings. The average Bonchev–Trinajstić information content (AvgIpc) is 2.39. The Balaban J connectivity index is 2.18. The molecule has 1 N–H and O–H groups in total. The van der Waals surface area contributed by atoms with E-state index in [0.29, 0.717) is 6.54 Å². The number of amides is 1. The number of carbonyl (C=O) groups excluding carboxylic acids is 1. The van der Waals surface area contributed by atoms with Crippen molar-refractivity contribution in [3.05, 3.63) is 0 Å². The van der Waals surface area contributed by atoms with Crippen LogP contribution >= 0.6 is 0 Å². The van der Waals surface area contributed by atoms with Gasteiger partial charge in [0.25, 0.3) is 5.92 Å². The first kappa shape index (κ1) is 8.43. The van der Waals surface area contributed by atoms with Crippen LogP contribution in [-0.2, 0) is 4.79 Å². The predicted octanol–water partition coefficient (Wildman–Crippen LogP) is 1.17. The van der Waals surface area contributed by atoms with Crippen molar-refractivity contribution in [3.63, 3.8) is 0 Å². The van der Waals surface area contributed by atoms with Crippen LogP contribution in [0.2, 0.25) is 0 Å². The van der Waals surface area contributed by atoms with Gasteiger partial charge < -0.3 is 5.32 Å². The minimum atomic E-state index is -2.56. The minimum Gasteiger partial charge on any atom is -0.356 e. The number of nitrogens with one attached hydrogen (secondary N) is 1. The molecule has 0 aromatic heterocycles. The van der Waals surface area contributed by atoms with E-state index in [1.54, 1.807) is 6.92 Å². The van der Waals surface area contributed by atoms with Crippen LogP contribution in [0, 0.1) is 5.92 Å². The molecule has 0 spiro atoms. The van der Waals surface area contributed by atoms with E-state index >= 15 is 0 Å². The first-order valence-electron chi connectivity index (χ1n) is 3.71. The monoisotopic (exact) mass is 163 g/mol. The summed E-state index contributed by atoms with van der Waals surface area (Å²) in [4.78, 5) is 10.7. The quantitative estimate of drug-likeness (QED) is 0.664. The highest BCUT2D eigenvalue weighted by molar-refractivity contribution is 5.76. The van der Waals surface area contributed by atoms with E-state index in [-0.39, 0.29) is 18.7 Å². The molecule has 0 heterocycles. The summed E-state index contributed by atoms with van der Waals surface area (Å²) >= 11 is 0. The summed E-state index contributed by atoms with van der Waals surface area (Å²) in [7, 11) is 0. The molecule has 2 nitrogen and oxygen atoms in total. The molecule has 0 aromatic carbocycles. The van der Waals surface area contributed by atoms with Gasteiger partial charge in [-0.25, -0.2) is 8.78 Å². The number of halogens is 2. The zero-order chi connectivity index (χ0) is 8.48. The van der Waals surface area contributed by atoms with Crippen molar-refractivity contribution in [2.24, 2.45) is 5.92 Å². The SMILES string of the molecule is CCNC(=O)CC1CC1(F)F. The van der Waals surface area contributed by atoms with Crippen molar-refractivity contribution in [2.75, 3.05) is 6.54 Å². The largest absolute Gasteiger partial charge is 0.356 e. The van der Waals surface area contributed by atoms with Crippen LogP contribution in [0.4, 0.5) is 8.78 Å². The van der Waals surface area contributed by atoms with E-state index in [9.17, 15) is 13.6 Å². The van der Waals surface area contributed by atoms with Crippen molar-refractivity contribution >= 4 is 5.91 Å². The maximum Gasteiger partial charge on any atom is 0.252 e. The average molecular weight is 163 g/mol. The standard InChI is InChI=1S/C7H11F2NO/c1-2-10-6(11)3-5-4-7(5,8)9/h5H,2-4H2,1H3,(H,10,11). The molecule has 1 fully saturated rings. The van der Waals surface area contributed by atoms with E-state index in [1.807, 2.05) is 0 Å². The Morgan fingerprint density at radius 3 is 2.64 bits per heavy atom. The normalized spacial score (nSPS) is 26.3. The number of carbonyl (C=O) groups is 1. The third-order valence-corrected chi connectivity index (χ3v) is 1.76. The van der Waals surface area contributed by atoms with Gasteiger partial charge in [-0.15, -0.1) is 0 Å². The summed E-state index contributed by atoms with van der Waals surface area (Å²) < 4.78 is 24.4. The smallest absolute Gasteiger partial charge is 0.252 e. The summed E-state index contributed by atoms with van der Waals surface area (Å²) in [5.74, 6) is -3.53. The van der Waals surface area contributed by atoms with E-state index < -0.39 is 11.8 Å². The van der Waals surface area contributed by atoms with E-state index in [4.69, 9.17) is 0 Å². The van der Waals surface area contributed by atoms with Crippen LogP contribution in [-0.4, -0.2) is 18.4 Å². The number of alkyl halides is 2. The summed E-state index contributed by atoms with van der Waals surface area (Å²) in [6, 6.07) is 0. The molecule has 4 heteroatoms. The Hall–Kier alpha value is -0.670. The van der Waals surface area contributed by atoms with Crippen molar-refractivity contribution in [1.82, 2.24) is 5.32 Å². The third-order valence-electron chi connectivity index (χ3n) is 1.76. The van der Waals surface area contributed by atoms with Crippen molar-refractivity contribution in [3.8, 4) is 0 Å². The zero-order valence-corrected chi connectivity index (χ0v) is 6.36. The fraction of sp³-hybridized carbons (Fsp3) is 0.857. The molecule has 1 saturated carbocycles. The Kier molecular flexibility index (Phi) is 2.11. The minimum absolute atomic E-state index is 0.0269. The molecule has 1 aliphatic rings. The summed E-state index contributed by atoms with van der Waals surface area (Å²) in [5, 5.41) is 2.48. The van der Waals surface area contributed by atoms with E-state index in [1.165, 1.54) is 0 Å². The molecule has 0 saturated heterocycles. The highest BCUT2D eigenvalue weighted by Gasteiger charge is 2.57. The lowest BCUT2D eigenvalue weighted by molar-refractivity contribution is -0.121. The van der Waals surface area contributed by atoms with Gasteiger partial charge in [-0.1, -0.05) is 0 Å². The molecule has 1 aliphatic carbocycles. The molecule has 1 unspecified atom stereocenters. The first-order valence-corrected chi connectivity index (χ1v) is 3.71. The lowest BCUT2D eigenvalue weighted by atomic mass is 10.3. The first-order chi connectivity index (χ1) is 5.06. The molecular weight excluding hydrogens is 152 g/mol. The van der Waals surface area contributed by atoms with Gasteiger partial charge in [0.05, 0.1) is 0 Å². The second-order valence-corrected chi connectivity index (χ2v) is 2.82. The maximum atomic E-state index is 12.2. The predicted molar refractivity (Wildman–Crippen MR) is 36.4 cm³/mol. The third kappa shape index (κ3) is 2.13. The van der Waals surface area contributed by atoms with Gasteiger partial charge in [-0.3, -0.25) is 4.79 Å². The maximum absolute atomic E-state index is 12.2. The molecule has 0 radical (unpaired) electrons. The van der Waals surface area contributed by atoms with Crippen molar-refractivity contribution in [2.45, 2.75) is 25.7 Å². The Morgan fingerprint density at radius 1 is 1.73 bits per heavy atom. The summed E-state index contributed by atoms with van der Waals surface area (Å²) in [6.45, 7) is 2.28. The number of hydrogen-bond acceptors (Lipinski definition) is 1. The van der Waals surface area contributed by atoms with Crippen LogP contribution in [0.25, 0.3) is 0 Å². The van der Waals surface area contributed by atoms with Crippen LogP contribution < -0.4 is 5.32 Å². The lowest BCUT2D eigenvalue weighted by Gasteiger charge is -1.99. The number of rotatable bonds is 3. The number of hydrogen-bond donors (Lipinski definition) is 1. The second kappa shape index (κ2) is 2.75. The lowest BCUT2D eigenvalue weighted by Crippen LogP contribution is -2.23. The zero-order valence-electron chi connectivity index (χ0n) is 6.36.